The van der Waals surface area contributed by atoms with Gasteiger partial charge >= 0.3 is 0 Å². The third-order valence-corrected chi connectivity index (χ3v) is 2.94. The summed E-state index contributed by atoms with van der Waals surface area (Å²) in [5.41, 5.74) is 2.79. The van der Waals surface area contributed by atoms with E-state index >= 15 is 0 Å². The van der Waals surface area contributed by atoms with E-state index in [0.717, 1.165) is 28.8 Å². The van der Waals surface area contributed by atoms with Crippen molar-refractivity contribution in [2.24, 2.45) is 0 Å². The molecule has 3 nitrogen and oxygen atoms in total. The largest absolute Gasteiger partial charge is 0.322 e. The molecule has 0 aliphatic carbocycles. The first-order valence-corrected chi connectivity index (χ1v) is 6.14. The summed E-state index contributed by atoms with van der Waals surface area (Å²) in [7, 11) is 0. The Bertz CT molecular complexity index is 656. The summed E-state index contributed by atoms with van der Waals surface area (Å²) in [6.45, 7) is 3.84. The van der Waals surface area contributed by atoms with Crippen LogP contribution < -0.4 is 5.32 Å². The average molecular weight is 276 g/mol. The molecule has 104 valence electrons. The fourth-order valence-electron chi connectivity index (χ4n) is 1.86. The van der Waals surface area contributed by atoms with E-state index in [9.17, 15) is 13.6 Å². The van der Waals surface area contributed by atoms with Gasteiger partial charge in [0.15, 0.2) is 0 Å². The number of aromatic nitrogens is 1. The van der Waals surface area contributed by atoms with Crippen molar-refractivity contribution in [3.05, 3.63) is 58.9 Å². The van der Waals surface area contributed by atoms with Crippen molar-refractivity contribution in [3.63, 3.8) is 0 Å². The summed E-state index contributed by atoms with van der Waals surface area (Å²) < 4.78 is 26.0. The van der Waals surface area contributed by atoms with E-state index in [-0.39, 0.29) is 18.0 Å². The number of hydrogen-bond donors (Lipinski definition) is 1. The van der Waals surface area contributed by atoms with E-state index in [1.807, 2.05) is 32.0 Å². The Morgan fingerprint density at radius 3 is 2.65 bits per heavy atom. The van der Waals surface area contributed by atoms with E-state index in [1.54, 1.807) is 0 Å². The van der Waals surface area contributed by atoms with E-state index in [1.165, 1.54) is 0 Å². The first-order valence-electron chi connectivity index (χ1n) is 6.14. The lowest BCUT2D eigenvalue weighted by Gasteiger charge is -2.08. The van der Waals surface area contributed by atoms with Gasteiger partial charge in [-0.15, -0.1) is 0 Å². The van der Waals surface area contributed by atoms with Crippen LogP contribution >= 0.6 is 0 Å². The summed E-state index contributed by atoms with van der Waals surface area (Å²) in [5, 5.41) is 2.39. The molecule has 0 unspecified atom stereocenters. The summed E-state index contributed by atoms with van der Waals surface area (Å²) in [6.07, 6.45) is 0.129. The van der Waals surface area contributed by atoms with Crippen LogP contribution in [0.15, 0.2) is 30.3 Å². The Hall–Kier alpha value is -2.30. The molecule has 0 atom stereocenters. The minimum atomic E-state index is -1.03. The molecule has 1 aromatic heterocycles. The van der Waals surface area contributed by atoms with Crippen LogP contribution in [0.5, 0.6) is 0 Å². The fraction of sp³-hybridized carbons (Fsp3) is 0.200. The molecule has 20 heavy (non-hydrogen) atoms. The van der Waals surface area contributed by atoms with Crippen LogP contribution in [0.4, 0.5) is 14.5 Å². The van der Waals surface area contributed by atoms with Crippen molar-refractivity contribution in [2.75, 3.05) is 5.32 Å². The van der Waals surface area contributed by atoms with Crippen molar-refractivity contribution >= 4 is 11.6 Å². The highest BCUT2D eigenvalue weighted by Crippen LogP contribution is 2.15. The lowest BCUT2D eigenvalue weighted by atomic mass is 10.0. The van der Waals surface area contributed by atoms with E-state index in [2.05, 4.69) is 10.3 Å². The van der Waals surface area contributed by atoms with Crippen LogP contribution in [-0.2, 0) is 11.2 Å². The van der Waals surface area contributed by atoms with Crippen molar-refractivity contribution in [3.8, 4) is 0 Å². The lowest BCUT2D eigenvalue weighted by Crippen LogP contribution is -2.16. The molecule has 0 saturated carbocycles. The molecule has 2 aromatic rings. The van der Waals surface area contributed by atoms with Gasteiger partial charge in [-0.1, -0.05) is 23.8 Å². The molecule has 0 aliphatic heterocycles. The molecule has 0 spiro atoms. The van der Waals surface area contributed by atoms with Crippen LogP contribution in [-0.4, -0.2) is 10.9 Å². The van der Waals surface area contributed by atoms with Gasteiger partial charge in [0.25, 0.3) is 0 Å². The maximum absolute atomic E-state index is 13.3. The number of hydrogen-bond acceptors (Lipinski definition) is 2. The number of nitrogens with zero attached hydrogens (tertiary/aromatic N) is 1. The monoisotopic (exact) mass is 276 g/mol. The highest BCUT2D eigenvalue weighted by atomic mass is 19.1. The molecule has 2 rings (SSSR count). The Labute approximate surface area is 115 Å². The van der Waals surface area contributed by atoms with Gasteiger partial charge in [0.1, 0.15) is 0 Å². The second kappa shape index (κ2) is 5.77. The van der Waals surface area contributed by atoms with E-state index in [0.29, 0.717) is 0 Å². The van der Waals surface area contributed by atoms with Gasteiger partial charge in [-0.2, -0.15) is 13.8 Å². The highest BCUT2D eigenvalue weighted by Gasteiger charge is 2.11. The molecular weight excluding hydrogens is 262 g/mol. The maximum atomic E-state index is 13.3. The quantitative estimate of drug-likeness (QED) is 0.875. The summed E-state index contributed by atoms with van der Waals surface area (Å²) in [4.78, 5) is 14.9. The molecule has 1 aromatic carbocycles. The average Bonchev–Trinajstić information content (AvgIpc) is 2.37. The van der Waals surface area contributed by atoms with Gasteiger partial charge < -0.3 is 5.32 Å². The lowest BCUT2D eigenvalue weighted by molar-refractivity contribution is -0.115. The molecule has 0 radical (unpaired) electrons. The van der Waals surface area contributed by atoms with Crippen LogP contribution in [0, 0.1) is 25.7 Å². The van der Waals surface area contributed by atoms with Crippen molar-refractivity contribution in [1.29, 1.82) is 0 Å². The fourth-order valence-corrected chi connectivity index (χ4v) is 1.86. The number of aryl methyl sites for hydroxylation is 2. The van der Waals surface area contributed by atoms with Crippen molar-refractivity contribution in [1.82, 2.24) is 4.98 Å². The number of benzene rings is 1. The number of amides is 1. The topological polar surface area (TPSA) is 42.0 Å². The number of pyridine rings is 1. The van der Waals surface area contributed by atoms with Gasteiger partial charge in [-0.05, 0) is 37.1 Å². The molecule has 5 heteroatoms. The number of rotatable bonds is 3. The Balaban J connectivity index is 2.11. The minimum absolute atomic E-state index is 0.123. The van der Waals surface area contributed by atoms with Crippen LogP contribution in [0.1, 0.15) is 16.7 Å². The molecule has 0 saturated heterocycles. The standard InChI is InChI=1S/C15H14F2N2O/c1-9-3-4-10(2)11(7-9)8-14(20)18-12-5-6-13(16)19-15(12)17/h3-7H,8H2,1-2H3,(H,18,20). The smallest absolute Gasteiger partial charge is 0.239 e. The maximum Gasteiger partial charge on any atom is 0.239 e. The van der Waals surface area contributed by atoms with Gasteiger partial charge in [0, 0.05) is 0 Å². The molecule has 1 N–H and O–H groups in total. The van der Waals surface area contributed by atoms with Gasteiger partial charge in [-0.25, -0.2) is 0 Å². The van der Waals surface area contributed by atoms with Crippen molar-refractivity contribution < 1.29 is 13.6 Å². The minimum Gasteiger partial charge on any atom is -0.322 e. The summed E-state index contributed by atoms with van der Waals surface area (Å²) >= 11 is 0. The predicted molar refractivity (Wildman–Crippen MR) is 72.4 cm³/mol. The third kappa shape index (κ3) is 3.38. The molecule has 0 bridgehead atoms. The first kappa shape index (κ1) is 14.1. The van der Waals surface area contributed by atoms with E-state index < -0.39 is 11.9 Å². The zero-order valence-corrected chi connectivity index (χ0v) is 11.2. The van der Waals surface area contributed by atoms with Crippen LogP contribution in [0.25, 0.3) is 0 Å². The second-order valence-electron chi connectivity index (χ2n) is 4.63. The Kier molecular flexibility index (Phi) is 4.08. The number of carbonyl (C=O) groups is 1. The molecule has 1 heterocycles. The number of nitrogens with one attached hydrogen (secondary N) is 1. The predicted octanol–water partition coefficient (Wildman–Crippen LogP) is 3.16. The number of halogens is 2. The number of carbonyl (C=O) groups excluding carboxylic acids is 1. The molecule has 0 fully saturated rings. The van der Waals surface area contributed by atoms with Crippen LogP contribution in [0.3, 0.4) is 0 Å². The van der Waals surface area contributed by atoms with Gasteiger partial charge in [-0.3, -0.25) is 4.79 Å². The Morgan fingerprint density at radius 2 is 1.95 bits per heavy atom. The Morgan fingerprint density at radius 1 is 1.20 bits per heavy atom. The van der Waals surface area contributed by atoms with Gasteiger partial charge in [0.2, 0.25) is 17.8 Å². The molecule has 1 amide bonds. The highest BCUT2D eigenvalue weighted by molar-refractivity contribution is 5.92. The first-order chi connectivity index (χ1) is 9.45. The van der Waals surface area contributed by atoms with E-state index in [4.69, 9.17) is 0 Å². The van der Waals surface area contributed by atoms with Gasteiger partial charge in [0.05, 0.1) is 12.1 Å². The zero-order chi connectivity index (χ0) is 14.7. The zero-order valence-electron chi connectivity index (χ0n) is 11.2. The second-order valence-corrected chi connectivity index (χ2v) is 4.63. The summed E-state index contributed by atoms with van der Waals surface area (Å²) in [6, 6.07) is 7.95. The van der Waals surface area contributed by atoms with Crippen molar-refractivity contribution in [2.45, 2.75) is 20.3 Å². The third-order valence-electron chi connectivity index (χ3n) is 2.94. The van der Waals surface area contributed by atoms with Crippen LogP contribution in [0.2, 0.25) is 0 Å². The normalized spacial score (nSPS) is 10.4. The number of anilines is 1. The SMILES string of the molecule is Cc1ccc(C)c(CC(=O)Nc2ccc(F)nc2F)c1. The molecular formula is C15H14F2N2O. The molecule has 0 aliphatic rings. The summed E-state index contributed by atoms with van der Waals surface area (Å²) in [5.74, 6) is -2.32.